The van der Waals surface area contributed by atoms with Crippen LogP contribution in [0.4, 0.5) is 5.82 Å². The van der Waals surface area contributed by atoms with Crippen molar-refractivity contribution < 1.29 is 9.59 Å². The van der Waals surface area contributed by atoms with E-state index < -0.39 is 0 Å². The molecule has 3 rings (SSSR count). The number of anilines is 1. The predicted molar refractivity (Wildman–Crippen MR) is 94.5 cm³/mol. The molecule has 7 heteroatoms. The van der Waals surface area contributed by atoms with Gasteiger partial charge in [-0.3, -0.25) is 14.6 Å². The SMILES string of the molecule is Nc1cnc(C[C@H]2CCCN(C(=O)CCN3CCCC3=O)CC2)cn1. The topological polar surface area (TPSA) is 92.4 Å². The Labute approximate surface area is 148 Å². The molecule has 2 saturated heterocycles. The van der Waals surface area contributed by atoms with E-state index in [2.05, 4.69) is 9.97 Å². The lowest BCUT2D eigenvalue weighted by molar-refractivity contribution is -0.132. The maximum atomic E-state index is 12.5. The molecule has 136 valence electrons. The standard InChI is InChI=1S/C18H27N5O2/c19-16-13-20-15(12-21-16)11-14-3-1-7-22(9-5-14)18(25)6-10-23-8-2-4-17(23)24/h12-14H,1-11H2,(H2,19,21)/t14-/m0/s1. The van der Waals surface area contributed by atoms with Crippen LogP contribution < -0.4 is 5.73 Å². The summed E-state index contributed by atoms with van der Waals surface area (Å²) in [5, 5.41) is 0. The Morgan fingerprint density at radius 2 is 2.04 bits per heavy atom. The molecule has 1 aromatic heterocycles. The number of hydrogen-bond donors (Lipinski definition) is 1. The van der Waals surface area contributed by atoms with Gasteiger partial charge < -0.3 is 15.5 Å². The van der Waals surface area contributed by atoms with Crippen molar-refractivity contribution in [3.63, 3.8) is 0 Å². The minimum absolute atomic E-state index is 0.174. The normalized spacial score (nSPS) is 21.4. The second kappa shape index (κ2) is 8.27. The lowest BCUT2D eigenvalue weighted by Crippen LogP contribution is -2.35. The Hall–Kier alpha value is -2.18. The van der Waals surface area contributed by atoms with Crippen molar-refractivity contribution in [1.82, 2.24) is 19.8 Å². The number of nitrogen functional groups attached to an aromatic ring is 1. The van der Waals surface area contributed by atoms with Crippen molar-refractivity contribution in [2.24, 2.45) is 5.92 Å². The van der Waals surface area contributed by atoms with Crippen LogP contribution >= 0.6 is 0 Å². The average molecular weight is 345 g/mol. The van der Waals surface area contributed by atoms with Crippen LogP contribution in [0.15, 0.2) is 12.4 Å². The van der Waals surface area contributed by atoms with E-state index in [1.807, 2.05) is 9.80 Å². The summed E-state index contributed by atoms with van der Waals surface area (Å²) in [4.78, 5) is 36.3. The quantitative estimate of drug-likeness (QED) is 0.867. The molecule has 25 heavy (non-hydrogen) atoms. The number of aromatic nitrogens is 2. The van der Waals surface area contributed by atoms with E-state index in [-0.39, 0.29) is 11.8 Å². The Balaban J connectivity index is 1.45. The lowest BCUT2D eigenvalue weighted by atomic mass is 9.95. The third-order valence-electron chi connectivity index (χ3n) is 5.19. The van der Waals surface area contributed by atoms with Crippen LogP contribution in [0.3, 0.4) is 0 Å². The average Bonchev–Trinajstić information content (AvgIpc) is 2.87. The second-order valence-corrected chi connectivity index (χ2v) is 7.05. The molecule has 1 aromatic rings. The van der Waals surface area contributed by atoms with Crippen molar-refractivity contribution in [1.29, 1.82) is 0 Å². The molecule has 2 aliphatic rings. The van der Waals surface area contributed by atoms with E-state index >= 15 is 0 Å². The molecule has 0 bridgehead atoms. The van der Waals surface area contributed by atoms with Crippen LogP contribution in [0, 0.1) is 5.92 Å². The predicted octanol–water partition coefficient (Wildman–Crippen LogP) is 1.24. The zero-order valence-corrected chi connectivity index (χ0v) is 14.7. The first-order chi connectivity index (χ1) is 12.1. The highest BCUT2D eigenvalue weighted by atomic mass is 16.2. The fourth-order valence-electron chi connectivity index (χ4n) is 3.71. The minimum atomic E-state index is 0.174. The van der Waals surface area contributed by atoms with Gasteiger partial charge in [-0.25, -0.2) is 4.98 Å². The first-order valence-corrected chi connectivity index (χ1v) is 9.24. The number of likely N-dealkylation sites (tertiary alicyclic amines) is 2. The minimum Gasteiger partial charge on any atom is -0.382 e. The number of hydrogen-bond acceptors (Lipinski definition) is 5. The Morgan fingerprint density at radius 1 is 1.16 bits per heavy atom. The van der Waals surface area contributed by atoms with Crippen LogP contribution in [-0.2, 0) is 16.0 Å². The summed E-state index contributed by atoms with van der Waals surface area (Å²) >= 11 is 0. The Morgan fingerprint density at radius 3 is 2.76 bits per heavy atom. The molecule has 1 atom stereocenters. The first kappa shape index (κ1) is 17.6. The van der Waals surface area contributed by atoms with Gasteiger partial charge in [0.1, 0.15) is 5.82 Å². The Bertz CT molecular complexity index is 604. The van der Waals surface area contributed by atoms with Crippen LogP contribution in [-0.4, -0.2) is 57.8 Å². The highest BCUT2D eigenvalue weighted by Gasteiger charge is 2.24. The molecule has 0 spiro atoms. The molecule has 0 saturated carbocycles. The van der Waals surface area contributed by atoms with Crippen LogP contribution in [0.5, 0.6) is 0 Å². The van der Waals surface area contributed by atoms with Gasteiger partial charge in [-0.2, -0.15) is 0 Å². The summed E-state index contributed by atoms with van der Waals surface area (Å²) in [6, 6.07) is 0. The van der Waals surface area contributed by atoms with E-state index in [4.69, 9.17) is 5.73 Å². The highest BCUT2D eigenvalue weighted by Crippen LogP contribution is 2.21. The van der Waals surface area contributed by atoms with E-state index in [9.17, 15) is 9.59 Å². The third-order valence-corrected chi connectivity index (χ3v) is 5.19. The van der Waals surface area contributed by atoms with Gasteiger partial charge in [-0.1, -0.05) is 0 Å². The smallest absolute Gasteiger partial charge is 0.224 e. The van der Waals surface area contributed by atoms with E-state index in [0.29, 0.717) is 31.1 Å². The van der Waals surface area contributed by atoms with Gasteiger partial charge >= 0.3 is 0 Å². The largest absolute Gasteiger partial charge is 0.382 e. The van der Waals surface area contributed by atoms with Crippen LogP contribution in [0.1, 0.15) is 44.2 Å². The fourth-order valence-corrected chi connectivity index (χ4v) is 3.71. The summed E-state index contributed by atoms with van der Waals surface area (Å²) < 4.78 is 0. The Kier molecular flexibility index (Phi) is 5.83. The van der Waals surface area contributed by atoms with Gasteiger partial charge in [0.25, 0.3) is 0 Å². The number of nitrogens with zero attached hydrogens (tertiary/aromatic N) is 4. The van der Waals surface area contributed by atoms with Crippen molar-refractivity contribution in [3.8, 4) is 0 Å². The van der Waals surface area contributed by atoms with E-state index in [0.717, 1.165) is 57.4 Å². The molecule has 7 nitrogen and oxygen atoms in total. The first-order valence-electron chi connectivity index (χ1n) is 9.24. The molecule has 0 radical (unpaired) electrons. The number of carbonyl (C=O) groups excluding carboxylic acids is 2. The van der Waals surface area contributed by atoms with Crippen LogP contribution in [0.2, 0.25) is 0 Å². The summed E-state index contributed by atoms with van der Waals surface area (Å²) in [7, 11) is 0. The summed E-state index contributed by atoms with van der Waals surface area (Å²) in [6.45, 7) is 2.98. The molecule has 0 unspecified atom stereocenters. The number of nitrogens with two attached hydrogens (primary N) is 1. The monoisotopic (exact) mass is 345 g/mol. The van der Waals surface area contributed by atoms with Crippen molar-refractivity contribution in [2.45, 2.75) is 44.9 Å². The maximum Gasteiger partial charge on any atom is 0.224 e. The second-order valence-electron chi connectivity index (χ2n) is 7.05. The van der Waals surface area contributed by atoms with E-state index in [1.165, 1.54) is 0 Å². The van der Waals surface area contributed by atoms with Gasteiger partial charge in [0.05, 0.1) is 18.1 Å². The molecular formula is C18H27N5O2. The van der Waals surface area contributed by atoms with Gasteiger partial charge in [-0.15, -0.1) is 0 Å². The molecule has 2 aliphatic heterocycles. The molecule has 2 amide bonds. The third kappa shape index (κ3) is 4.90. The molecule has 0 aliphatic carbocycles. The van der Waals surface area contributed by atoms with Gasteiger partial charge in [0.15, 0.2) is 0 Å². The van der Waals surface area contributed by atoms with Gasteiger partial charge in [-0.05, 0) is 38.0 Å². The summed E-state index contributed by atoms with van der Waals surface area (Å²) in [5.74, 6) is 1.33. The van der Waals surface area contributed by atoms with Gasteiger partial charge in [0, 0.05) is 39.0 Å². The molecular weight excluding hydrogens is 318 g/mol. The maximum absolute atomic E-state index is 12.5. The lowest BCUT2D eigenvalue weighted by Gasteiger charge is -2.22. The zero-order valence-electron chi connectivity index (χ0n) is 14.7. The number of rotatable bonds is 5. The molecule has 0 aromatic carbocycles. The number of amides is 2. The van der Waals surface area contributed by atoms with Crippen LogP contribution in [0.25, 0.3) is 0 Å². The highest BCUT2D eigenvalue weighted by molar-refractivity contribution is 5.80. The van der Waals surface area contributed by atoms with Crippen molar-refractivity contribution in [3.05, 3.63) is 18.1 Å². The molecule has 2 N–H and O–H groups in total. The van der Waals surface area contributed by atoms with Crippen molar-refractivity contribution >= 4 is 17.6 Å². The summed E-state index contributed by atoms with van der Waals surface area (Å²) in [6.07, 6.45) is 9.33. The fraction of sp³-hybridized carbons (Fsp3) is 0.667. The molecule has 2 fully saturated rings. The van der Waals surface area contributed by atoms with Gasteiger partial charge in [0.2, 0.25) is 11.8 Å². The zero-order chi connectivity index (χ0) is 17.6. The van der Waals surface area contributed by atoms with E-state index in [1.54, 1.807) is 12.4 Å². The number of carbonyl (C=O) groups is 2. The summed E-state index contributed by atoms with van der Waals surface area (Å²) in [5.41, 5.74) is 6.54. The van der Waals surface area contributed by atoms with Crippen molar-refractivity contribution in [2.75, 3.05) is 31.9 Å². The molecule has 3 heterocycles.